The van der Waals surface area contributed by atoms with E-state index < -0.39 is 36.3 Å². The number of nitrogens with zero attached hydrogens (tertiary/aromatic N) is 1. The van der Waals surface area contributed by atoms with Crippen LogP contribution in [0.4, 0.5) is 13.2 Å². The van der Waals surface area contributed by atoms with Gasteiger partial charge in [-0.1, -0.05) is 0 Å². The molecule has 0 saturated carbocycles. The molecule has 0 aliphatic rings. The van der Waals surface area contributed by atoms with Crippen LogP contribution in [-0.4, -0.2) is 26.7 Å². The summed E-state index contributed by atoms with van der Waals surface area (Å²) in [6.45, 7) is 1.44. The monoisotopic (exact) mass is 383 g/mol. The number of phenols is 1. The lowest BCUT2D eigenvalue weighted by atomic mass is 10.1. The van der Waals surface area contributed by atoms with Gasteiger partial charge in [0.15, 0.2) is 11.6 Å². The van der Waals surface area contributed by atoms with Gasteiger partial charge in [0.2, 0.25) is 0 Å². The molecule has 3 aromatic rings. The molecule has 3 rings (SSSR count). The number of aliphatic carboxylic acids is 1. The summed E-state index contributed by atoms with van der Waals surface area (Å²) in [6, 6.07) is 4.71. The van der Waals surface area contributed by atoms with Crippen molar-refractivity contribution in [1.29, 1.82) is 0 Å². The molecular weight excluding hydrogens is 371 g/mol. The van der Waals surface area contributed by atoms with Crippen molar-refractivity contribution >= 4 is 34.1 Å². The van der Waals surface area contributed by atoms with Gasteiger partial charge in [-0.05, 0) is 36.8 Å². The van der Waals surface area contributed by atoms with Crippen LogP contribution in [0.3, 0.4) is 0 Å². The van der Waals surface area contributed by atoms with Crippen molar-refractivity contribution < 1.29 is 33.0 Å². The number of thiophene rings is 1. The third-order valence-corrected chi connectivity index (χ3v) is 5.08. The number of hydrogen-bond donors (Lipinski definition) is 2. The first kappa shape index (κ1) is 18.0. The molecule has 0 aliphatic carbocycles. The van der Waals surface area contributed by atoms with Crippen LogP contribution >= 0.6 is 11.3 Å². The molecule has 0 saturated heterocycles. The van der Waals surface area contributed by atoms with E-state index in [-0.39, 0.29) is 31.9 Å². The Kier molecular flexibility index (Phi) is 4.49. The van der Waals surface area contributed by atoms with E-state index in [9.17, 15) is 27.9 Å². The molecule has 2 heterocycles. The van der Waals surface area contributed by atoms with Crippen molar-refractivity contribution in [3.8, 4) is 5.75 Å². The largest absolute Gasteiger partial charge is 0.505 e. The summed E-state index contributed by atoms with van der Waals surface area (Å²) in [5.41, 5.74) is 0.273. The number of carbonyl (C=O) groups is 2. The van der Waals surface area contributed by atoms with Gasteiger partial charge in [-0.15, -0.1) is 11.3 Å². The molecule has 0 aliphatic heterocycles. The highest BCUT2D eigenvalue weighted by atomic mass is 32.1. The molecule has 0 fully saturated rings. The van der Waals surface area contributed by atoms with Gasteiger partial charge in [-0.3, -0.25) is 14.2 Å². The molecule has 2 aromatic heterocycles. The number of alkyl halides is 2. The molecule has 5 nitrogen and oxygen atoms in total. The van der Waals surface area contributed by atoms with E-state index in [0.717, 1.165) is 16.7 Å². The van der Waals surface area contributed by atoms with Gasteiger partial charge in [-0.25, -0.2) is 13.2 Å². The molecule has 9 heteroatoms. The summed E-state index contributed by atoms with van der Waals surface area (Å²) in [6.07, 6.45) is -3.28. The lowest BCUT2D eigenvalue weighted by molar-refractivity contribution is -0.136. The van der Waals surface area contributed by atoms with Crippen molar-refractivity contribution in [2.24, 2.45) is 0 Å². The van der Waals surface area contributed by atoms with Gasteiger partial charge in [0.05, 0.1) is 21.7 Å². The van der Waals surface area contributed by atoms with Crippen molar-refractivity contribution in [2.45, 2.75) is 19.8 Å². The number of carboxylic acid groups (broad SMARTS) is 1. The van der Waals surface area contributed by atoms with Gasteiger partial charge >= 0.3 is 5.97 Å². The van der Waals surface area contributed by atoms with Gasteiger partial charge < -0.3 is 10.2 Å². The maximum Gasteiger partial charge on any atom is 0.307 e. The van der Waals surface area contributed by atoms with Crippen LogP contribution in [0.25, 0.3) is 10.9 Å². The summed E-state index contributed by atoms with van der Waals surface area (Å²) in [5.74, 6) is -3.62. The van der Waals surface area contributed by atoms with Crippen LogP contribution in [-0.2, 0) is 11.2 Å². The van der Waals surface area contributed by atoms with E-state index in [0.29, 0.717) is 11.3 Å². The van der Waals surface area contributed by atoms with Crippen molar-refractivity contribution in [3.05, 3.63) is 51.1 Å². The summed E-state index contributed by atoms with van der Waals surface area (Å²) in [7, 11) is 0. The van der Waals surface area contributed by atoms with Crippen LogP contribution in [0.5, 0.6) is 5.75 Å². The maximum atomic E-state index is 14.4. The molecule has 0 radical (unpaired) electrons. The van der Waals surface area contributed by atoms with E-state index in [4.69, 9.17) is 5.11 Å². The van der Waals surface area contributed by atoms with Crippen LogP contribution in [0.1, 0.15) is 32.2 Å². The van der Waals surface area contributed by atoms with Crippen LogP contribution < -0.4 is 0 Å². The fourth-order valence-electron chi connectivity index (χ4n) is 2.85. The standard InChI is InChI=1S/C17H12F3NO4S/c1-7-8(6-13(23)24)14-9(2-3-10(22)15(14)18)21(7)17(25)12-5-4-11(26-12)16(19)20/h2-5,16,22H,6H2,1H3,(H,23,24). The number of rotatable bonds is 4. The highest BCUT2D eigenvalue weighted by Crippen LogP contribution is 2.35. The van der Waals surface area contributed by atoms with Crippen LogP contribution in [0.15, 0.2) is 24.3 Å². The first-order valence-electron chi connectivity index (χ1n) is 7.38. The second kappa shape index (κ2) is 6.49. The molecule has 0 unspecified atom stereocenters. The zero-order valence-electron chi connectivity index (χ0n) is 13.3. The highest BCUT2D eigenvalue weighted by molar-refractivity contribution is 7.14. The van der Waals surface area contributed by atoms with Crippen LogP contribution in [0.2, 0.25) is 0 Å². The summed E-state index contributed by atoms with van der Waals surface area (Å²) >= 11 is 0.612. The van der Waals surface area contributed by atoms with E-state index in [1.54, 1.807) is 0 Å². The Bertz CT molecular complexity index is 1040. The Hall–Kier alpha value is -2.81. The smallest absolute Gasteiger partial charge is 0.307 e. The summed E-state index contributed by atoms with van der Waals surface area (Å²) in [4.78, 5) is 23.7. The van der Waals surface area contributed by atoms with Gasteiger partial charge in [0.1, 0.15) is 0 Å². The zero-order valence-corrected chi connectivity index (χ0v) is 14.1. The minimum Gasteiger partial charge on any atom is -0.505 e. The van der Waals surface area contributed by atoms with E-state index >= 15 is 0 Å². The quantitative estimate of drug-likeness (QED) is 0.711. The second-order valence-electron chi connectivity index (χ2n) is 5.57. The Balaban J connectivity index is 2.25. The number of benzene rings is 1. The predicted molar refractivity (Wildman–Crippen MR) is 88.6 cm³/mol. The lowest BCUT2D eigenvalue weighted by Gasteiger charge is -2.06. The van der Waals surface area contributed by atoms with Gasteiger partial charge in [-0.2, -0.15) is 0 Å². The Labute approximate surface area is 148 Å². The van der Waals surface area contributed by atoms with E-state index in [1.165, 1.54) is 19.1 Å². The molecule has 136 valence electrons. The SMILES string of the molecule is Cc1c(CC(=O)O)c2c(F)c(O)ccc2n1C(=O)c1ccc(C(F)F)s1. The van der Waals surface area contributed by atoms with Gasteiger partial charge in [0, 0.05) is 11.1 Å². The number of phenolic OH excluding ortho intramolecular Hbond substituents is 1. The fraction of sp³-hybridized carbons (Fsp3) is 0.176. The van der Waals surface area contributed by atoms with Crippen molar-refractivity contribution in [3.63, 3.8) is 0 Å². The number of hydrogen-bond acceptors (Lipinski definition) is 4. The molecular formula is C17H12F3NO4S. The third kappa shape index (κ3) is 2.84. The molecule has 26 heavy (non-hydrogen) atoms. The number of aromatic hydroxyl groups is 1. The summed E-state index contributed by atoms with van der Waals surface area (Å²) in [5, 5.41) is 18.5. The van der Waals surface area contributed by atoms with E-state index in [1.807, 2.05) is 0 Å². The third-order valence-electron chi connectivity index (χ3n) is 4.00. The zero-order chi connectivity index (χ0) is 19.2. The number of carbonyl (C=O) groups excluding carboxylic acids is 1. The Morgan fingerprint density at radius 2 is 1.92 bits per heavy atom. The number of aromatic nitrogens is 1. The first-order valence-corrected chi connectivity index (χ1v) is 8.19. The minimum atomic E-state index is -2.72. The average molecular weight is 383 g/mol. The van der Waals surface area contributed by atoms with E-state index in [2.05, 4.69) is 0 Å². The molecule has 0 bridgehead atoms. The average Bonchev–Trinajstić information content (AvgIpc) is 3.15. The fourth-order valence-corrected chi connectivity index (χ4v) is 3.64. The lowest BCUT2D eigenvalue weighted by Crippen LogP contribution is -2.12. The minimum absolute atomic E-state index is 0.00987. The number of fused-ring (bicyclic) bond motifs is 1. The van der Waals surface area contributed by atoms with Crippen LogP contribution in [0, 0.1) is 12.7 Å². The Morgan fingerprint density at radius 3 is 2.50 bits per heavy atom. The molecule has 1 aromatic carbocycles. The first-order chi connectivity index (χ1) is 12.2. The topological polar surface area (TPSA) is 79.5 Å². The second-order valence-corrected chi connectivity index (χ2v) is 6.69. The highest BCUT2D eigenvalue weighted by Gasteiger charge is 2.26. The molecule has 2 N–H and O–H groups in total. The molecule has 0 atom stereocenters. The Morgan fingerprint density at radius 1 is 1.23 bits per heavy atom. The van der Waals surface area contributed by atoms with Crippen molar-refractivity contribution in [1.82, 2.24) is 4.57 Å². The maximum absolute atomic E-state index is 14.4. The normalized spacial score (nSPS) is 11.4. The van der Waals surface area contributed by atoms with Crippen molar-refractivity contribution in [2.75, 3.05) is 0 Å². The molecule has 0 amide bonds. The van der Waals surface area contributed by atoms with Gasteiger partial charge in [0.25, 0.3) is 12.3 Å². The molecule has 0 spiro atoms. The predicted octanol–water partition coefficient (Wildman–Crippen LogP) is 4.11. The number of halogens is 3. The summed E-state index contributed by atoms with van der Waals surface area (Å²) < 4.78 is 41.0. The number of carboxylic acids is 1.